The van der Waals surface area contributed by atoms with Gasteiger partial charge in [0.25, 0.3) is 0 Å². The second-order valence-electron chi connectivity index (χ2n) is 4.09. The van der Waals surface area contributed by atoms with Gasteiger partial charge in [-0.25, -0.2) is 4.39 Å². The van der Waals surface area contributed by atoms with Gasteiger partial charge in [-0.05, 0) is 33.6 Å². The predicted molar refractivity (Wildman–Crippen MR) is 75.5 cm³/mol. The van der Waals surface area contributed by atoms with E-state index in [0.29, 0.717) is 17.6 Å². The molecule has 0 amide bonds. The second kappa shape index (κ2) is 6.68. The Kier molecular flexibility index (Phi) is 4.93. The number of hydrogen-bond acceptors (Lipinski definition) is 3. The minimum absolute atomic E-state index is 0.254. The van der Waals surface area contributed by atoms with Crippen molar-refractivity contribution in [3.8, 4) is 0 Å². The topological polar surface area (TPSA) is 39.1 Å². The van der Waals surface area contributed by atoms with Gasteiger partial charge >= 0.3 is 0 Å². The zero-order valence-corrected chi connectivity index (χ0v) is 12.2. The lowest BCUT2D eigenvalue weighted by Gasteiger charge is -2.04. The number of rotatable bonds is 6. The molecule has 2 aromatic rings. The summed E-state index contributed by atoms with van der Waals surface area (Å²) < 4.78 is 20.4. The van der Waals surface area contributed by atoms with Gasteiger partial charge in [-0.1, -0.05) is 6.07 Å². The Hall–Kier alpha value is -1.40. The molecule has 0 bridgehead atoms. The molecule has 0 aliphatic heterocycles. The van der Waals surface area contributed by atoms with Gasteiger partial charge in [0.1, 0.15) is 5.82 Å². The highest BCUT2D eigenvalue weighted by molar-refractivity contribution is 9.10. The van der Waals surface area contributed by atoms with Crippen LogP contribution in [0.5, 0.6) is 0 Å². The highest BCUT2D eigenvalue weighted by Crippen LogP contribution is 2.17. The minimum Gasteiger partial charge on any atom is -0.383 e. The first-order valence-electron chi connectivity index (χ1n) is 5.88. The van der Waals surface area contributed by atoms with Crippen LogP contribution in [0, 0.1) is 5.82 Å². The summed E-state index contributed by atoms with van der Waals surface area (Å²) in [5.41, 5.74) is 1.93. The van der Waals surface area contributed by atoms with Gasteiger partial charge in [0.15, 0.2) is 0 Å². The van der Waals surface area contributed by atoms with E-state index in [0.717, 1.165) is 17.8 Å². The Morgan fingerprint density at radius 3 is 3.05 bits per heavy atom. The van der Waals surface area contributed by atoms with E-state index in [1.807, 2.05) is 10.9 Å². The largest absolute Gasteiger partial charge is 0.383 e. The van der Waals surface area contributed by atoms with Gasteiger partial charge in [-0.15, -0.1) is 0 Å². The number of nitrogens with one attached hydrogen (secondary N) is 1. The standard InChI is InChI=1S/C13H15BrFN3O/c1-19-5-4-18-9-11(8-17-18)16-7-10-2-3-13(15)12(14)6-10/h2-3,6,8-9,16H,4-5,7H2,1H3. The molecule has 0 atom stereocenters. The first-order chi connectivity index (χ1) is 9.19. The molecule has 102 valence electrons. The molecular weight excluding hydrogens is 313 g/mol. The van der Waals surface area contributed by atoms with Crippen LogP contribution in [0.2, 0.25) is 0 Å². The quantitative estimate of drug-likeness (QED) is 0.886. The van der Waals surface area contributed by atoms with Crippen LogP contribution < -0.4 is 5.32 Å². The smallest absolute Gasteiger partial charge is 0.137 e. The molecule has 2 rings (SSSR count). The molecule has 0 unspecified atom stereocenters. The van der Waals surface area contributed by atoms with E-state index in [4.69, 9.17) is 4.74 Å². The summed E-state index contributed by atoms with van der Waals surface area (Å²) in [6.07, 6.45) is 3.67. The minimum atomic E-state index is -0.254. The predicted octanol–water partition coefficient (Wildman–Crippen LogP) is 3.04. The van der Waals surface area contributed by atoms with Gasteiger partial charge in [0, 0.05) is 19.9 Å². The first kappa shape index (κ1) is 14.0. The molecule has 0 aliphatic rings. The number of aromatic nitrogens is 2. The van der Waals surface area contributed by atoms with E-state index in [2.05, 4.69) is 26.3 Å². The Morgan fingerprint density at radius 1 is 1.47 bits per heavy atom. The molecule has 19 heavy (non-hydrogen) atoms. The fourth-order valence-corrected chi connectivity index (χ4v) is 2.04. The van der Waals surface area contributed by atoms with Gasteiger partial charge in [0.2, 0.25) is 0 Å². The lowest BCUT2D eigenvalue weighted by atomic mass is 10.2. The summed E-state index contributed by atoms with van der Waals surface area (Å²) in [6, 6.07) is 4.96. The lowest BCUT2D eigenvalue weighted by Crippen LogP contribution is -2.04. The van der Waals surface area contributed by atoms with Crippen LogP contribution in [0.15, 0.2) is 35.1 Å². The lowest BCUT2D eigenvalue weighted by molar-refractivity contribution is 0.183. The maximum atomic E-state index is 13.1. The number of methoxy groups -OCH3 is 1. The van der Waals surface area contributed by atoms with Crippen molar-refractivity contribution in [3.05, 3.63) is 46.4 Å². The molecule has 0 aliphatic carbocycles. The summed E-state index contributed by atoms with van der Waals surface area (Å²) in [5.74, 6) is -0.254. The summed E-state index contributed by atoms with van der Waals surface area (Å²) in [5, 5.41) is 7.44. The van der Waals surface area contributed by atoms with E-state index in [-0.39, 0.29) is 5.82 Å². The Balaban J connectivity index is 1.91. The number of benzene rings is 1. The second-order valence-corrected chi connectivity index (χ2v) is 4.94. The van der Waals surface area contributed by atoms with Crippen LogP contribution in [-0.2, 0) is 17.8 Å². The molecule has 0 saturated carbocycles. The van der Waals surface area contributed by atoms with Crippen LogP contribution in [-0.4, -0.2) is 23.5 Å². The highest BCUT2D eigenvalue weighted by Gasteiger charge is 2.02. The Labute approximate surface area is 119 Å². The Bertz CT molecular complexity index is 544. The number of nitrogens with zero attached hydrogens (tertiary/aromatic N) is 2. The van der Waals surface area contributed by atoms with Gasteiger partial charge in [-0.3, -0.25) is 4.68 Å². The summed E-state index contributed by atoms with van der Waals surface area (Å²) >= 11 is 3.17. The fourth-order valence-electron chi connectivity index (χ4n) is 1.62. The average Bonchev–Trinajstić information content (AvgIpc) is 2.86. The number of halogens is 2. The fraction of sp³-hybridized carbons (Fsp3) is 0.308. The highest BCUT2D eigenvalue weighted by atomic mass is 79.9. The van der Waals surface area contributed by atoms with E-state index < -0.39 is 0 Å². The van der Waals surface area contributed by atoms with Crippen molar-refractivity contribution < 1.29 is 9.13 Å². The van der Waals surface area contributed by atoms with Crippen LogP contribution >= 0.6 is 15.9 Å². The molecular formula is C13H15BrFN3O. The van der Waals surface area contributed by atoms with Crippen LogP contribution in [0.3, 0.4) is 0 Å². The number of ether oxygens (including phenoxy) is 1. The Morgan fingerprint density at radius 2 is 2.32 bits per heavy atom. The molecule has 1 N–H and O–H groups in total. The molecule has 1 aromatic carbocycles. The van der Waals surface area contributed by atoms with Crippen molar-refractivity contribution in [3.63, 3.8) is 0 Å². The molecule has 1 aromatic heterocycles. The van der Waals surface area contributed by atoms with Crippen molar-refractivity contribution in [1.29, 1.82) is 0 Å². The van der Waals surface area contributed by atoms with Crippen LogP contribution in [0.4, 0.5) is 10.1 Å². The van der Waals surface area contributed by atoms with E-state index in [9.17, 15) is 4.39 Å². The van der Waals surface area contributed by atoms with Crippen molar-refractivity contribution in [2.75, 3.05) is 19.0 Å². The molecule has 0 spiro atoms. The van der Waals surface area contributed by atoms with Crippen LogP contribution in [0.1, 0.15) is 5.56 Å². The SMILES string of the molecule is COCCn1cc(NCc2ccc(F)c(Br)c2)cn1. The third-order valence-corrected chi connectivity index (χ3v) is 3.25. The number of hydrogen-bond donors (Lipinski definition) is 1. The first-order valence-corrected chi connectivity index (χ1v) is 6.67. The van der Waals surface area contributed by atoms with Gasteiger partial charge < -0.3 is 10.1 Å². The number of anilines is 1. The third kappa shape index (κ3) is 4.04. The van der Waals surface area contributed by atoms with Crippen molar-refractivity contribution >= 4 is 21.6 Å². The average molecular weight is 328 g/mol. The molecule has 6 heteroatoms. The summed E-state index contributed by atoms with van der Waals surface area (Å²) in [6.45, 7) is 1.97. The molecule has 0 saturated heterocycles. The van der Waals surface area contributed by atoms with E-state index >= 15 is 0 Å². The van der Waals surface area contributed by atoms with Crippen molar-refractivity contribution in [2.45, 2.75) is 13.1 Å². The van der Waals surface area contributed by atoms with E-state index in [1.165, 1.54) is 6.07 Å². The molecule has 1 heterocycles. The molecule has 0 fully saturated rings. The van der Waals surface area contributed by atoms with Crippen molar-refractivity contribution in [2.24, 2.45) is 0 Å². The van der Waals surface area contributed by atoms with Gasteiger partial charge in [0.05, 0.1) is 29.5 Å². The zero-order chi connectivity index (χ0) is 13.7. The normalized spacial score (nSPS) is 10.7. The summed E-state index contributed by atoms with van der Waals surface area (Å²) in [7, 11) is 1.66. The van der Waals surface area contributed by atoms with Gasteiger partial charge in [-0.2, -0.15) is 5.10 Å². The zero-order valence-electron chi connectivity index (χ0n) is 10.6. The molecule has 0 radical (unpaired) electrons. The van der Waals surface area contributed by atoms with Crippen molar-refractivity contribution in [1.82, 2.24) is 9.78 Å². The molecule has 4 nitrogen and oxygen atoms in total. The van der Waals surface area contributed by atoms with Crippen LogP contribution in [0.25, 0.3) is 0 Å². The third-order valence-electron chi connectivity index (χ3n) is 2.64. The summed E-state index contributed by atoms with van der Waals surface area (Å²) in [4.78, 5) is 0. The maximum absolute atomic E-state index is 13.1. The monoisotopic (exact) mass is 327 g/mol. The maximum Gasteiger partial charge on any atom is 0.137 e. The van der Waals surface area contributed by atoms with E-state index in [1.54, 1.807) is 25.4 Å².